The van der Waals surface area contributed by atoms with Gasteiger partial charge in [0.1, 0.15) is 11.2 Å². The van der Waals surface area contributed by atoms with Gasteiger partial charge in [-0.1, -0.05) is 182 Å². The number of furan rings is 1. The van der Waals surface area contributed by atoms with E-state index in [9.17, 15) is 0 Å². The smallest absolute Gasteiger partial charge is 0.137 e. The normalized spacial score (nSPS) is 11.3. The number of hydrogen-bond acceptors (Lipinski definition) is 2. The molecular weight excluding hydrogens is 655 g/mol. The van der Waals surface area contributed by atoms with Crippen molar-refractivity contribution >= 4 is 49.8 Å². The molecule has 0 saturated heterocycles. The molecule has 2 nitrogen and oxygen atoms in total. The highest BCUT2D eigenvalue weighted by molar-refractivity contribution is 6.18. The van der Waals surface area contributed by atoms with Crippen LogP contribution >= 0.6 is 0 Å². The molecule has 254 valence electrons. The van der Waals surface area contributed by atoms with Crippen molar-refractivity contribution in [3.8, 4) is 44.5 Å². The molecule has 0 aliphatic carbocycles. The summed E-state index contributed by atoms with van der Waals surface area (Å²) < 4.78 is 6.63. The van der Waals surface area contributed by atoms with Crippen LogP contribution in [0.1, 0.15) is 0 Å². The van der Waals surface area contributed by atoms with Crippen LogP contribution in [0.4, 0.5) is 17.1 Å². The molecule has 0 amide bonds. The summed E-state index contributed by atoms with van der Waals surface area (Å²) in [5.74, 6) is 0. The lowest BCUT2D eigenvalue weighted by molar-refractivity contribution is 0.669. The van der Waals surface area contributed by atoms with Gasteiger partial charge in [0.15, 0.2) is 0 Å². The molecule has 10 aromatic rings. The first-order valence-corrected chi connectivity index (χ1v) is 18.4. The van der Waals surface area contributed by atoms with E-state index in [0.29, 0.717) is 0 Å². The van der Waals surface area contributed by atoms with Crippen LogP contribution in [-0.2, 0) is 0 Å². The second-order valence-corrected chi connectivity index (χ2v) is 13.6. The fourth-order valence-electron chi connectivity index (χ4n) is 8.00. The topological polar surface area (TPSA) is 16.4 Å². The summed E-state index contributed by atoms with van der Waals surface area (Å²) in [6, 6.07) is 75.9. The molecule has 0 radical (unpaired) electrons. The van der Waals surface area contributed by atoms with E-state index in [4.69, 9.17) is 4.42 Å². The van der Waals surface area contributed by atoms with E-state index in [2.05, 4.69) is 211 Å². The van der Waals surface area contributed by atoms with E-state index >= 15 is 0 Å². The molecule has 1 aromatic heterocycles. The van der Waals surface area contributed by atoms with Gasteiger partial charge in [-0.2, -0.15) is 0 Å². The molecule has 0 atom stereocenters. The molecule has 0 saturated carbocycles. The number of para-hydroxylation sites is 3. The Labute approximate surface area is 314 Å². The van der Waals surface area contributed by atoms with Crippen molar-refractivity contribution in [2.75, 3.05) is 4.90 Å². The van der Waals surface area contributed by atoms with Crippen LogP contribution in [0.25, 0.3) is 77.2 Å². The highest BCUT2D eigenvalue weighted by Gasteiger charge is 2.27. The fraction of sp³-hybridized carbons (Fsp3) is 0. The van der Waals surface area contributed by atoms with Gasteiger partial charge in [-0.3, -0.25) is 0 Å². The minimum atomic E-state index is 0.849. The van der Waals surface area contributed by atoms with Gasteiger partial charge in [0, 0.05) is 22.1 Å². The van der Waals surface area contributed by atoms with Gasteiger partial charge >= 0.3 is 0 Å². The fourth-order valence-corrected chi connectivity index (χ4v) is 8.00. The molecule has 10 rings (SSSR count). The first-order chi connectivity index (χ1) is 26.8. The Morgan fingerprint density at radius 1 is 0.296 bits per heavy atom. The summed E-state index contributed by atoms with van der Waals surface area (Å²) in [5, 5.41) is 4.65. The first kappa shape index (κ1) is 31.6. The Bertz CT molecular complexity index is 2840. The van der Waals surface area contributed by atoms with E-state index in [1.54, 1.807) is 0 Å². The third-order valence-corrected chi connectivity index (χ3v) is 10.5. The molecule has 54 heavy (non-hydrogen) atoms. The van der Waals surface area contributed by atoms with Gasteiger partial charge in [0.05, 0.1) is 22.4 Å². The van der Waals surface area contributed by atoms with Crippen molar-refractivity contribution in [2.24, 2.45) is 0 Å². The van der Waals surface area contributed by atoms with E-state index in [1.807, 2.05) is 6.07 Å². The molecule has 0 spiro atoms. The molecule has 0 fully saturated rings. The van der Waals surface area contributed by atoms with Crippen LogP contribution in [0.3, 0.4) is 0 Å². The average molecular weight is 690 g/mol. The lowest BCUT2D eigenvalue weighted by Gasteiger charge is -2.32. The average Bonchev–Trinajstić information content (AvgIpc) is 3.64. The maximum absolute atomic E-state index is 6.63. The van der Waals surface area contributed by atoms with Gasteiger partial charge < -0.3 is 9.32 Å². The predicted molar refractivity (Wildman–Crippen MR) is 228 cm³/mol. The summed E-state index contributed by atoms with van der Waals surface area (Å²) >= 11 is 0. The molecule has 0 unspecified atom stereocenters. The number of benzene rings is 9. The van der Waals surface area contributed by atoms with Crippen LogP contribution in [0.15, 0.2) is 217 Å². The maximum atomic E-state index is 6.63. The van der Waals surface area contributed by atoms with Gasteiger partial charge in [0.25, 0.3) is 0 Å². The summed E-state index contributed by atoms with van der Waals surface area (Å²) in [6.45, 7) is 0. The Morgan fingerprint density at radius 2 is 0.778 bits per heavy atom. The third-order valence-electron chi connectivity index (χ3n) is 10.5. The van der Waals surface area contributed by atoms with Crippen LogP contribution in [-0.4, -0.2) is 0 Å². The van der Waals surface area contributed by atoms with Gasteiger partial charge in [0.2, 0.25) is 0 Å². The van der Waals surface area contributed by atoms with Crippen molar-refractivity contribution in [1.29, 1.82) is 0 Å². The van der Waals surface area contributed by atoms with Crippen molar-refractivity contribution in [1.82, 2.24) is 0 Å². The van der Waals surface area contributed by atoms with E-state index in [0.717, 1.165) is 72.4 Å². The standard InChI is InChI=1S/C52H35NO/c1-3-16-37(17-4-1)43-23-9-12-27-47(43)53(48-28-13-10-24-44(48)38-18-5-2-6-19-38)52-45(34-35-50-51(52)46-25-11-14-29-49(46)54-50)40-32-30-39(31-33-40)42-26-15-21-36-20-7-8-22-41(36)42/h1-35H. The zero-order valence-corrected chi connectivity index (χ0v) is 29.6. The van der Waals surface area contributed by atoms with Crippen LogP contribution in [0.5, 0.6) is 0 Å². The van der Waals surface area contributed by atoms with Crippen LogP contribution in [0.2, 0.25) is 0 Å². The quantitative estimate of drug-likeness (QED) is 0.166. The van der Waals surface area contributed by atoms with E-state index < -0.39 is 0 Å². The summed E-state index contributed by atoms with van der Waals surface area (Å²) in [5.41, 5.74) is 14.2. The minimum Gasteiger partial charge on any atom is -0.456 e. The second kappa shape index (κ2) is 13.4. The highest BCUT2D eigenvalue weighted by atomic mass is 16.3. The lowest BCUT2D eigenvalue weighted by atomic mass is 9.93. The number of anilines is 3. The van der Waals surface area contributed by atoms with Crippen LogP contribution < -0.4 is 4.90 Å². The molecule has 1 heterocycles. The monoisotopic (exact) mass is 689 g/mol. The highest BCUT2D eigenvalue weighted by Crippen LogP contribution is 2.52. The Morgan fingerprint density at radius 3 is 1.44 bits per heavy atom. The van der Waals surface area contributed by atoms with Gasteiger partial charge in [-0.05, 0) is 68.9 Å². The summed E-state index contributed by atoms with van der Waals surface area (Å²) in [6.07, 6.45) is 0. The predicted octanol–water partition coefficient (Wildman–Crippen LogP) is 14.9. The molecule has 9 aromatic carbocycles. The summed E-state index contributed by atoms with van der Waals surface area (Å²) in [4.78, 5) is 2.48. The van der Waals surface area contributed by atoms with Crippen molar-refractivity contribution in [3.05, 3.63) is 212 Å². The van der Waals surface area contributed by atoms with Crippen molar-refractivity contribution < 1.29 is 4.42 Å². The Balaban J connectivity index is 1.28. The van der Waals surface area contributed by atoms with E-state index in [-0.39, 0.29) is 0 Å². The number of nitrogens with zero attached hydrogens (tertiary/aromatic N) is 1. The lowest BCUT2D eigenvalue weighted by Crippen LogP contribution is -2.14. The zero-order valence-electron chi connectivity index (χ0n) is 29.6. The Hall–Kier alpha value is -7.16. The van der Waals surface area contributed by atoms with Gasteiger partial charge in [-0.25, -0.2) is 0 Å². The zero-order chi connectivity index (χ0) is 35.8. The SMILES string of the molecule is c1ccc(-c2ccccc2N(c2ccccc2-c2ccccc2)c2c(-c3ccc(-c4cccc5ccccc45)cc3)ccc3oc4ccccc4c23)cc1. The third kappa shape index (κ3) is 5.44. The largest absolute Gasteiger partial charge is 0.456 e. The van der Waals surface area contributed by atoms with Crippen molar-refractivity contribution in [2.45, 2.75) is 0 Å². The Kier molecular flexibility index (Phi) is 7.85. The molecule has 0 bridgehead atoms. The second-order valence-electron chi connectivity index (χ2n) is 13.6. The molecule has 2 heteroatoms. The van der Waals surface area contributed by atoms with Crippen molar-refractivity contribution in [3.63, 3.8) is 0 Å². The van der Waals surface area contributed by atoms with Crippen LogP contribution in [0, 0.1) is 0 Å². The minimum absolute atomic E-state index is 0.849. The molecular formula is C52H35NO. The number of fused-ring (bicyclic) bond motifs is 4. The number of rotatable bonds is 7. The molecule has 0 aliphatic heterocycles. The summed E-state index contributed by atoms with van der Waals surface area (Å²) in [7, 11) is 0. The first-order valence-electron chi connectivity index (χ1n) is 18.4. The molecule has 0 aliphatic rings. The van der Waals surface area contributed by atoms with Gasteiger partial charge in [-0.15, -0.1) is 0 Å². The number of hydrogen-bond donors (Lipinski definition) is 0. The molecule has 0 N–H and O–H groups in total. The van der Waals surface area contributed by atoms with E-state index in [1.165, 1.54) is 21.9 Å². The maximum Gasteiger partial charge on any atom is 0.137 e.